The normalized spacial score (nSPS) is 21.4. The van der Waals surface area contributed by atoms with Crippen molar-refractivity contribution in [1.29, 1.82) is 0 Å². The van der Waals surface area contributed by atoms with Crippen molar-refractivity contribution in [3.63, 3.8) is 0 Å². The molecule has 2 heterocycles. The molecule has 0 spiro atoms. The minimum absolute atomic E-state index is 0.0726. The Morgan fingerprint density at radius 3 is 2.19 bits per heavy atom. The summed E-state index contributed by atoms with van der Waals surface area (Å²) in [6, 6.07) is 10.8. The molecule has 0 unspecified atom stereocenters. The summed E-state index contributed by atoms with van der Waals surface area (Å²) >= 11 is 0. The summed E-state index contributed by atoms with van der Waals surface area (Å²) in [4.78, 5) is 36.9. The molecular weight excluding hydrogens is 338 g/mol. The van der Waals surface area contributed by atoms with Gasteiger partial charge in [0.25, 0.3) is 17.5 Å². The molecule has 130 valence electrons. The highest BCUT2D eigenvalue weighted by molar-refractivity contribution is 6.26. The molecule has 2 amide bonds. The quantitative estimate of drug-likeness (QED) is 0.479. The number of nitro benzene ring substituents is 1. The van der Waals surface area contributed by atoms with Gasteiger partial charge in [0.2, 0.25) is 0 Å². The number of anilines is 2. The first-order valence-corrected chi connectivity index (χ1v) is 7.86. The highest BCUT2D eigenvalue weighted by atomic mass is 16.6. The highest BCUT2D eigenvalue weighted by Gasteiger charge is 2.55. The zero-order chi connectivity index (χ0) is 18.4. The van der Waals surface area contributed by atoms with Crippen LogP contribution in [0, 0.1) is 17.0 Å². The number of fused-ring (bicyclic) bond motifs is 1. The summed E-state index contributed by atoms with van der Waals surface area (Å²) in [5, 5.41) is 20.0. The van der Waals surface area contributed by atoms with E-state index in [1.807, 2.05) is 19.1 Å². The van der Waals surface area contributed by atoms with Gasteiger partial charge < -0.3 is 0 Å². The van der Waals surface area contributed by atoms with Crippen LogP contribution in [0.4, 0.5) is 17.1 Å². The van der Waals surface area contributed by atoms with Gasteiger partial charge in [-0.2, -0.15) is 5.11 Å². The van der Waals surface area contributed by atoms with Crippen LogP contribution in [-0.2, 0) is 9.59 Å². The number of hydrogen-bond acceptors (Lipinski definition) is 7. The summed E-state index contributed by atoms with van der Waals surface area (Å²) in [7, 11) is 0. The molecule has 2 aliphatic rings. The van der Waals surface area contributed by atoms with Crippen molar-refractivity contribution in [3.05, 3.63) is 64.2 Å². The van der Waals surface area contributed by atoms with Crippen LogP contribution in [-0.4, -0.2) is 28.8 Å². The van der Waals surface area contributed by atoms with E-state index in [-0.39, 0.29) is 5.69 Å². The largest absolute Gasteiger partial charge is 0.271 e. The third-order valence-electron chi connectivity index (χ3n) is 4.40. The lowest BCUT2D eigenvalue weighted by molar-refractivity contribution is -0.384. The van der Waals surface area contributed by atoms with E-state index in [4.69, 9.17) is 0 Å². The number of non-ortho nitro benzene ring substituents is 1. The fourth-order valence-electron chi connectivity index (χ4n) is 3.05. The number of imide groups is 1. The van der Waals surface area contributed by atoms with Gasteiger partial charge in [-0.25, -0.2) is 9.91 Å². The Morgan fingerprint density at radius 2 is 1.58 bits per heavy atom. The molecule has 4 rings (SSSR count). The van der Waals surface area contributed by atoms with Crippen molar-refractivity contribution in [2.24, 2.45) is 10.3 Å². The smallest absolute Gasteiger partial charge is 0.269 e. The van der Waals surface area contributed by atoms with Crippen LogP contribution in [0.2, 0.25) is 0 Å². The lowest BCUT2D eigenvalue weighted by Gasteiger charge is -2.20. The summed E-state index contributed by atoms with van der Waals surface area (Å²) < 4.78 is 0. The molecule has 0 radical (unpaired) electrons. The van der Waals surface area contributed by atoms with Crippen LogP contribution >= 0.6 is 0 Å². The molecule has 0 bridgehead atoms. The average Bonchev–Trinajstić information content (AvgIpc) is 3.17. The molecule has 9 nitrogen and oxygen atoms in total. The van der Waals surface area contributed by atoms with Gasteiger partial charge in [0.15, 0.2) is 12.1 Å². The van der Waals surface area contributed by atoms with Gasteiger partial charge in [-0.15, -0.1) is 0 Å². The number of hydrogen-bond donors (Lipinski definition) is 0. The molecule has 2 aromatic carbocycles. The first kappa shape index (κ1) is 15.9. The lowest BCUT2D eigenvalue weighted by Crippen LogP contribution is -2.39. The summed E-state index contributed by atoms with van der Waals surface area (Å²) in [5.74, 6) is -0.857. The predicted octanol–water partition coefficient (Wildman–Crippen LogP) is 2.40. The summed E-state index contributed by atoms with van der Waals surface area (Å²) in [6.45, 7) is 1.91. The van der Waals surface area contributed by atoms with Gasteiger partial charge in [0.05, 0.1) is 16.3 Å². The minimum atomic E-state index is -0.918. The number of carbonyl (C=O) groups excluding carboxylic acids is 2. The number of rotatable bonds is 3. The van der Waals surface area contributed by atoms with E-state index in [0.29, 0.717) is 11.4 Å². The number of amides is 2. The monoisotopic (exact) mass is 351 g/mol. The van der Waals surface area contributed by atoms with Crippen LogP contribution in [0.1, 0.15) is 5.56 Å². The number of aryl methyl sites for hydroxylation is 1. The van der Waals surface area contributed by atoms with Crippen LogP contribution in [0.3, 0.4) is 0 Å². The van der Waals surface area contributed by atoms with Gasteiger partial charge in [0.1, 0.15) is 0 Å². The standard InChI is InChI=1S/C17H13N5O4/c1-10-2-4-11(5-3-10)20-16(23)14-15(17(20)24)21(19-18-14)12-6-8-13(9-7-12)22(25)26/h2-9,14-15H,1H3/t14-,15-/m0/s1. The van der Waals surface area contributed by atoms with Crippen molar-refractivity contribution >= 4 is 28.9 Å². The molecule has 26 heavy (non-hydrogen) atoms. The van der Waals surface area contributed by atoms with E-state index in [1.165, 1.54) is 29.3 Å². The van der Waals surface area contributed by atoms with Crippen molar-refractivity contribution < 1.29 is 14.5 Å². The first-order chi connectivity index (χ1) is 12.5. The zero-order valence-corrected chi connectivity index (χ0v) is 13.6. The predicted molar refractivity (Wildman–Crippen MR) is 91.7 cm³/mol. The second kappa shape index (κ2) is 5.73. The van der Waals surface area contributed by atoms with E-state index >= 15 is 0 Å². The number of carbonyl (C=O) groups is 2. The third kappa shape index (κ3) is 2.32. The van der Waals surface area contributed by atoms with Gasteiger partial charge >= 0.3 is 0 Å². The van der Waals surface area contributed by atoms with Crippen LogP contribution in [0.25, 0.3) is 0 Å². The molecule has 2 atom stereocenters. The van der Waals surface area contributed by atoms with E-state index in [0.717, 1.165) is 10.5 Å². The molecule has 0 aliphatic carbocycles. The van der Waals surface area contributed by atoms with Crippen molar-refractivity contribution in [2.75, 3.05) is 9.91 Å². The fourth-order valence-corrected chi connectivity index (χ4v) is 3.05. The Bertz CT molecular complexity index is 939. The van der Waals surface area contributed by atoms with Crippen LogP contribution in [0.5, 0.6) is 0 Å². The number of nitro groups is 1. The third-order valence-corrected chi connectivity index (χ3v) is 4.40. The average molecular weight is 351 g/mol. The molecule has 9 heteroatoms. The minimum Gasteiger partial charge on any atom is -0.271 e. The van der Waals surface area contributed by atoms with Gasteiger partial charge in [-0.3, -0.25) is 19.7 Å². The maximum Gasteiger partial charge on any atom is 0.269 e. The molecule has 1 saturated heterocycles. The van der Waals surface area contributed by atoms with E-state index in [2.05, 4.69) is 10.3 Å². The number of benzene rings is 2. The second-order valence-electron chi connectivity index (χ2n) is 6.06. The maximum atomic E-state index is 12.9. The topological polar surface area (TPSA) is 108 Å². The summed E-state index contributed by atoms with van der Waals surface area (Å²) in [5.41, 5.74) is 1.88. The van der Waals surface area contributed by atoms with Crippen molar-refractivity contribution in [1.82, 2.24) is 0 Å². The molecule has 2 aromatic rings. The lowest BCUT2D eigenvalue weighted by atomic mass is 10.1. The first-order valence-electron chi connectivity index (χ1n) is 7.86. The number of nitrogens with zero attached hydrogens (tertiary/aromatic N) is 5. The molecule has 0 aromatic heterocycles. The second-order valence-corrected chi connectivity index (χ2v) is 6.06. The fraction of sp³-hybridized carbons (Fsp3) is 0.176. The van der Waals surface area contributed by atoms with Crippen LogP contribution < -0.4 is 9.91 Å². The van der Waals surface area contributed by atoms with E-state index in [9.17, 15) is 19.7 Å². The molecule has 2 aliphatic heterocycles. The maximum absolute atomic E-state index is 12.9. The Kier molecular flexibility index (Phi) is 3.50. The Labute approximate surface area is 147 Å². The zero-order valence-electron chi connectivity index (χ0n) is 13.6. The molecule has 0 N–H and O–H groups in total. The molecule has 0 saturated carbocycles. The Morgan fingerprint density at radius 1 is 0.962 bits per heavy atom. The molecular formula is C17H13N5O4. The SMILES string of the molecule is Cc1ccc(N2C(=O)[C@H]3N=NN(c4ccc([N+](=O)[O-])cc4)[C@@H]3C2=O)cc1. The van der Waals surface area contributed by atoms with Crippen LogP contribution in [0.15, 0.2) is 58.9 Å². The van der Waals surface area contributed by atoms with Gasteiger partial charge in [-0.1, -0.05) is 22.9 Å². The highest BCUT2D eigenvalue weighted by Crippen LogP contribution is 2.35. The van der Waals surface area contributed by atoms with Crippen molar-refractivity contribution in [2.45, 2.75) is 19.0 Å². The Balaban J connectivity index is 1.65. The molecule has 1 fully saturated rings. The van der Waals surface area contributed by atoms with Crippen molar-refractivity contribution in [3.8, 4) is 0 Å². The summed E-state index contributed by atoms with van der Waals surface area (Å²) in [6.07, 6.45) is 0. The van der Waals surface area contributed by atoms with Gasteiger partial charge in [0, 0.05) is 12.1 Å². The van der Waals surface area contributed by atoms with E-state index < -0.39 is 28.8 Å². The van der Waals surface area contributed by atoms with Gasteiger partial charge in [-0.05, 0) is 31.2 Å². The van der Waals surface area contributed by atoms with E-state index in [1.54, 1.807) is 12.1 Å². The Hall–Kier alpha value is -3.62.